The van der Waals surface area contributed by atoms with Crippen LogP contribution in [0.15, 0.2) is 18.5 Å². The summed E-state index contributed by atoms with van der Waals surface area (Å²) in [6.07, 6.45) is 3.89. The fourth-order valence-electron chi connectivity index (χ4n) is 3.37. The van der Waals surface area contributed by atoms with Crippen LogP contribution in [0, 0.1) is 5.82 Å². The molecule has 4 rings (SSSR count). The van der Waals surface area contributed by atoms with E-state index in [0.717, 1.165) is 31.9 Å². The first-order chi connectivity index (χ1) is 12.1. The maximum absolute atomic E-state index is 14.5. The molecule has 2 aromatic heterocycles. The Morgan fingerprint density at radius 3 is 2.64 bits per heavy atom. The number of nitrogens with zero attached hydrogens (tertiary/aromatic N) is 5. The Bertz CT molecular complexity index is 757. The lowest BCUT2D eigenvalue weighted by atomic mass is 10.1. The molecule has 2 aromatic rings. The molecule has 1 unspecified atom stereocenters. The highest BCUT2D eigenvalue weighted by molar-refractivity contribution is 5.43. The van der Waals surface area contributed by atoms with Crippen molar-refractivity contribution in [1.82, 2.24) is 19.7 Å². The first-order valence-electron chi connectivity index (χ1n) is 8.55. The summed E-state index contributed by atoms with van der Waals surface area (Å²) in [5, 5.41) is 4.22. The van der Waals surface area contributed by atoms with Crippen molar-refractivity contribution in [3.63, 3.8) is 0 Å². The molecule has 0 N–H and O–H groups in total. The standard InChI is InChI=1S/C17H22FN5O2/c1-12(16-14(18)9-15-17(20-16)25-8-7-24-15)22-3-5-23(6-4-22)13-10-19-21(2)11-13/h9-12H,3-8H2,1-2H3. The Labute approximate surface area is 146 Å². The van der Waals surface area contributed by atoms with E-state index in [4.69, 9.17) is 9.47 Å². The zero-order valence-corrected chi connectivity index (χ0v) is 14.5. The normalized spacial score (nSPS) is 19.1. The van der Waals surface area contributed by atoms with Gasteiger partial charge in [0.2, 0.25) is 0 Å². The van der Waals surface area contributed by atoms with Crippen LogP contribution >= 0.6 is 0 Å². The van der Waals surface area contributed by atoms with Crippen molar-refractivity contribution in [2.75, 3.05) is 44.3 Å². The van der Waals surface area contributed by atoms with Crippen molar-refractivity contribution in [2.24, 2.45) is 7.05 Å². The molecule has 0 radical (unpaired) electrons. The molecule has 134 valence electrons. The Hall–Kier alpha value is -2.35. The van der Waals surface area contributed by atoms with Gasteiger partial charge in [-0.05, 0) is 6.92 Å². The second-order valence-electron chi connectivity index (χ2n) is 6.43. The van der Waals surface area contributed by atoms with Gasteiger partial charge in [0.05, 0.1) is 23.6 Å². The molecule has 1 saturated heterocycles. The van der Waals surface area contributed by atoms with E-state index in [0.29, 0.717) is 30.5 Å². The van der Waals surface area contributed by atoms with Crippen molar-refractivity contribution in [3.05, 3.63) is 30.0 Å². The van der Waals surface area contributed by atoms with Gasteiger partial charge >= 0.3 is 0 Å². The van der Waals surface area contributed by atoms with Gasteiger partial charge in [0.15, 0.2) is 5.75 Å². The predicted molar refractivity (Wildman–Crippen MR) is 90.6 cm³/mol. The Kier molecular flexibility index (Phi) is 4.20. The van der Waals surface area contributed by atoms with Crippen molar-refractivity contribution in [2.45, 2.75) is 13.0 Å². The number of hydrogen-bond donors (Lipinski definition) is 0. The number of fused-ring (bicyclic) bond motifs is 1. The Morgan fingerprint density at radius 2 is 1.92 bits per heavy atom. The van der Waals surface area contributed by atoms with E-state index in [1.54, 1.807) is 4.68 Å². The molecule has 0 amide bonds. The lowest BCUT2D eigenvalue weighted by Crippen LogP contribution is -2.47. The summed E-state index contributed by atoms with van der Waals surface area (Å²) in [7, 11) is 1.91. The number of aromatic nitrogens is 3. The first kappa shape index (κ1) is 16.1. The molecule has 1 fully saturated rings. The highest BCUT2D eigenvalue weighted by Gasteiger charge is 2.27. The number of rotatable bonds is 3. The minimum Gasteiger partial charge on any atom is -0.484 e. The third kappa shape index (κ3) is 3.13. The summed E-state index contributed by atoms with van der Waals surface area (Å²) < 4.78 is 27.2. The van der Waals surface area contributed by atoms with E-state index in [1.807, 2.05) is 26.4 Å². The van der Waals surface area contributed by atoms with Gasteiger partial charge < -0.3 is 14.4 Å². The molecule has 0 aliphatic carbocycles. The fraction of sp³-hybridized carbons (Fsp3) is 0.529. The van der Waals surface area contributed by atoms with E-state index in [1.165, 1.54) is 6.07 Å². The lowest BCUT2D eigenvalue weighted by Gasteiger charge is -2.38. The number of aryl methyl sites for hydroxylation is 1. The van der Waals surface area contributed by atoms with E-state index >= 15 is 0 Å². The van der Waals surface area contributed by atoms with Gasteiger partial charge in [-0.25, -0.2) is 9.37 Å². The number of anilines is 1. The Balaban J connectivity index is 1.46. The summed E-state index contributed by atoms with van der Waals surface area (Å²) in [5.74, 6) is 0.441. The number of hydrogen-bond acceptors (Lipinski definition) is 6. The molecule has 2 aliphatic rings. The van der Waals surface area contributed by atoms with Crippen molar-refractivity contribution in [3.8, 4) is 11.6 Å². The number of halogens is 1. The number of piperazine rings is 1. The van der Waals surface area contributed by atoms with Gasteiger partial charge in [-0.1, -0.05) is 0 Å². The zero-order chi connectivity index (χ0) is 17.4. The van der Waals surface area contributed by atoms with E-state index in [-0.39, 0.29) is 11.9 Å². The van der Waals surface area contributed by atoms with Crippen molar-refractivity contribution < 1.29 is 13.9 Å². The molecule has 0 bridgehead atoms. The van der Waals surface area contributed by atoms with Gasteiger partial charge in [-0.3, -0.25) is 9.58 Å². The average molecular weight is 347 g/mol. The molecule has 25 heavy (non-hydrogen) atoms. The minimum atomic E-state index is -0.341. The highest BCUT2D eigenvalue weighted by atomic mass is 19.1. The molecule has 2 aliphatic heterocycles. The van der Waals surface area contributed by atoms with Crippen LogP contribution in [0.3, 0.4) is 0 Å². The lowest BCUT2D eigenvalue weighted by molar-refractivity contribution is 0.157. The van der Waals surface area contributed by atoms with Crippen LogP contribution in [-0.2, 0) is 7.05 Å². The average Bonchev–Trinajstić information content (AvgIpc) is 3.07. The van der Waals surface area contributed by atoms with Crippen LogP contribution in [0.4, 0.5) is 10.1 Å². The van der Waals surface area contributed by atoms with E-state index in [2.05, 4.69) is 19.9 Å². The minimum absolute atomic E-state index is 0.119. The van der Waals surface area contributed by atoms with Gasteiger partial charge in [-0.2, -0.15) is 5.10 Å². The van der Waals surface area contributed by atoms with E-state index < -0.39 is 0 Å². The van der Waals surface area contributed by atoms with Crippen molar-refractivity contribution in [1.29, 1.82) is 0 Å². The summed E-state index contributed by atoms with van der Waals surface area (Å²) >= 11 is 0. The van der Waals surface area contributed by atoms with Crippen LogP contribution in [0.5, 0.6) is 11.6 Å². The number of pyridine rings is 1. The molecular weight excluding hydrogens is 325 g/mol. The fourth-order valence-corrected chi connectivity index (χ4v) is 3.37. The van der Waals surface area contributed by atoms with Gasteiger partial charge in [0, 0.05) is 45.5 Å². The molecule has 4 heterocycles. The Morgan fingerprint density at radius 1 is 1.16 bits per heavy atom. The maximum Gasteiger partial charge on any atom is 0.257 e. The van der Waals surface area contributed by atoms with Gasteiger partial charge in [0.1, 0.15) is 19.0 Å². The predicted octanol–water partition coefficient (Wildman–Crippen LogP) is 1.61. The van der Waals surface area contributed by atoms with E-state index in [9.17, 15) is 4.39 Å². The van der Waals surface area contributed by atoms with Crippen LogP contribution < -0.4 is 14.4 Å². The SMILES string of the molecule is CC(c1nc2c(cc1F)OCCO2)N1CCN(c2cnn(C)c2)CC1. The molecule has 7 nitrogen and oxygen atoms in total. The molecule has 0 saturated carbocycles. The zero-order valence-electron chi connectivity index (χ0n) is 14.5. The highest BCUT2D eigenvalue weighted by Crippen LogP contribution is 2.33. The topological polar surface area (TPSA) is 55.7 Å². The summed E-state index contributed by atoms with van der Waals surface area (Å²) in [6, 6.07) is 1.27. The molecular formula is C17H22FN5O2. The summed E-state index contributed by atoms with van der Waals surface area (Å²) in [4.78, 5) is 8.92. The van der Waals surface area contributed by atoms with Crippen molar-refractivity contribution >= 4 is 5.69 Å². The first-order valence-corrected chi connectivity index (χ1v) is 8.55. The quantitative estimate of drug-likeness (QED) is 0.841. The van der Waals surface area contributed by atoms with Gasteiger partial charge in [0.25, 0.3) is 5.88 Å². The van der Waals surface area contributed by atoms with Crippen LogP contribution in [0.1, 0.15) is 18.7 Å². The van der Waals surface area contributed by atoms with Crippen LogP contribution in [-0.4, -0.2) is 59.1 Å². The molecule has 0 aromatic carbocycles. The molecule has 1 atom stereocenters. The smallest absolute Gasteiger partial charge is 0.257 e. The number of ether oxygens (including phenoxy) is 2. The van der Waals surface area contributed by atoms with Gasteiger partial charge in [-0.15, -0.1) is 0 Å². The maximum atomic E-state index is 14.5. The second-order valence-corrected chi connectivity index (χ2v) is 6.43. The summed E-state index contributed by atoms with van der Waals surface area (Å²) in [5.41, 5.74) is 1.54. The molecule has 8 heteroatoms. The monoisotopic (exact) mass is 347 g/mol. The van der Waals surface area contributed by atoms with Crippen LogP contribution in [0.25, 0.3) is 0 Å². The third-order valence-electron chi connectivity index (χ3n) is 4.83. The third-order valence-corrected chi connectivity index (χ3v) is 4.83. The second kappa shape index (κ2) is 6.51. The molecule has 0 spiro atoms. The summed E-state index contributed by atoms with van der Waals surface area (Å²) in [6.45, 7) is 6.30. The van der Waals surface area contributed by atoms with Crippen LogP contribution in [0.2, 0.25) is 0 Å². The largest absolute Gasteiger partial charge is 0.484 e.